The lowest BCUT2D eigenvalue weighted by Crippen LogP contribution is -2.44. The molecule has 1 saturated heterocycles. The van der Waals surface area contributed by atoms with Crippen LogP contribution in [0.5, 0.6) is 0 Å². The Kier molecular flexibility index (Phi) is 5.67. The van der Waals surface area contributed by atoms with Crippen LogP contribution in [0.2, 0.25) is 0 Å². The number of hydrogen-bond acceptors (Lipinski definition) is 5. The molecular weight excluding hydrogens is 340 g/mol. The number of anilines is 1. The van der Waals surface area contributed by atoms with Gasteiger partial charge in [0.2, 0.25) is 5.91 Å². The SMILES string of the molecule is Cl.NC(C(=O)Nc1ccc2c(c1)S(=O)(=O)CC2)C1CCOCC1. The molecule has 0 spiro atoms. The van der Waals surface area contributed by atoms with E-state index >= 15 is 0 Å². The largest absolute Gasteiger partial charge is 0.381 e. The van der Waals surface area contributed by atoms with Crippen LogP contribution in [-0.4, -0.2) is 39.3 Å². The fourth-order valence-electron chi connectivity index (χ4n) is 3.00. The molecule has 3 N–H and O–H groups in total. The Balaban J connectivity index is 0.00000192. The highest BCUT2D eigenvalue weighted by Crippen LogP contribution is 2.28. The van der Waals surface area contributed by atoms with Gasteiger partial charge in [-0.2, -0.15) is 0 Å². The Bertz CT molecular complexity index is 687. The van der Waals surface area contributed by atoms with Crippen LogP contribution >= 0.6 is 12.4 Å². The summed E-state index contributed by atoms with van der Waals surface area (Å²) in [5.41, 5.74) is 7.31. The second kappa shape index (κ2) is 7.17. The van der Waals surface area contributed by atoms with Crippen molar-refractivity contribution in [2.45, 2.75) is 30.2 Å². The summed E-state index contributed by atoms with van der Waals surface area (Å²) in [5.74, 6) is -0.0319. The number of carbonyl (C=O) groups excluding carboxylic acids is 1. The second-order valence-corrected chi connectivity index (χ2v) is 7.93. The Labute approximate surface area is 142 Å². The molecule has 0 radical (unpaired) electrons. The number of carbonyl (C=O) groups is 1. The van der Waals surface area contributed by atoms with Crippen molar-refractivity contribution in [1.82, 2.24) is 0 Å². The van der Waals surface area contributed by atoms with Gasteiger partial charge in [-0.15, -0.1) is 12.4 Å². The Morgan fingerprint density at radius 2 is 2.00 bits per heavy atom. The van der Waals surface area contributed by atoms with E-state index in [-0.39, 0.29) is 30.0 Å². The number of hydrogen-bond donors (Lipinski definition) is 2. The van der Waals surface area contributed by atoms with Gasteiger partial charge in [-0.1, -0.05) is 6.07 Å². The zero-order valence-corrected chi connectivity index (χ0v) is 14.3. The molecule has 0 aliphatic carbocycles. The van der Waals surface area contributed by atoms with Gasteiger partial charge in [0.05, 0.1) is 16.7 Å². The zero-order chi connectivity index (χ0) is 15.7. The Hall–Kier alpha value is -1.15. The molecule has 1 atom stereocenters. The average Bonchev–Trinajstić information content (AvgIpc) is 2.83. The molecule has 0 aromatic heterocycles. The zero-order valence-electron chi connectivity index (χ0n) is 12.7. The van der Waals surface area contributed by atoms with Crippen LogP contribution in [0.3, 0.4) is 0 Å². The van der Waals surface area contributed by atoms with Crippen molar-refractivity contribution >= 4 is 33.8 Å². The van der Waals surface area contributed by atoms with E-state index in [9.17, 15) is 13.2 Å². The first-order valence-corrected chi connectivity index (χ1v) is 9.12. The molecule has 1 fully saturated rings. The summed E-state index contributed by atoms with van der Waals surface area (Å²) in [7, 11) is -3.20. The monoisotopic (exact) mass is 360 g/mol. The third kappa shape index (κ3) is 3.85. The predicted octanol–water partition coefficient (Wildman–Crippen LogP) is 1.13. The van der Waals surface area contributed by atoms with Crippen molar-refractivity contribution in [3.05, 3.63) is 23.8 Å². The second-order valence-electron chi connectivity index (χ2n) is 5.86. The Morgan fingerprint density at radius 1 is 1.30 bits per heavy atom. The molecule has 0 saturated carbocycles. The number of nitrogens with two attached hydrogens (primary N) is 1. The highest BCUT2D eigenvalue weighted by atomic mass is 35.5. The number of halogens is 1. The van der Waals surface area contributed by atoms with E-state index in [2.05, 4.69) is 5.32 Å². The van der Waals surface area contributed by atoms with Crippen molar-refractivity contribution in [2.24, 2.45) is 11.7 Å². The van der Waals surface area contributed by atoms with Crippen LogP contribution in [-0.2, 0) is 25.8 Å². The van der Waals surface area contributed by atoms with Crippen molar-refractivity contribution in [3.8, 4) is 0 Å². The molecule has 128 valence electrons. The van der Waals surface area contributed by atoms with Crippen molar-refractivity contribution in [3.63, 3.8) is 0 Å². The number of rotatable bonds is 3. The number of ether oxygens (including phenoxy) is 1. The summed E-state index contributed by atoms with van der Waals surface area (Å²) in [4.78, 5) is 12.6. The molecule has 3 rings (SSSR count). The first-order chi connectivity index (χ1) is 10.5. The summed E-state index contributed by atoms with van der Waals surface area (Å²) in [6, 6.07) is 4.42. The van der Waals surface area contributed by atoms with Crippen LogP contribution in [0.25, 0.3) is 0 Å². The number of fused-ring (bicyclic) bond motifs is 1. The lowest BCUT2D eigenvalue weighted by atomic mass is 9.92. The predicted molar refractivity (Wildman–Crippen MR) is 89.6 cm³/mol. The number of sulfone groups is 1. The van der Waals surface area contributed by atoms with Gasteiger partial charge >= 0.3 is 0 Å². The van der Waals surface area contributed by atoms with Gasteiger partial charge in [0.1, 0.15) is 0 Å². The van der Waals surface area contributed by atoms with Gasteiger partial charge in [-0.05, 0) is 42.9 Å². The van der Waals surface area contributed by atoms with E-state index in [1.807, 2.05) is 0 Å². The van der Waals surface area contributed by atoms with E-state index in [4.69, 9.17) is 10.5 Å². The first-order valence-electron chi connectivity index (χ1n) is 7.47. The molecule has 1 aromatic carbocycles. The molecule has 1 unspecified atom stereocenters. The summed E-state index contributed by atoms with van der Waals surface area (Å²) < 4.78 is 29.1. The number of aryl methyl sites for hydroxylation is 1. The van der Waals surface area contributed by atoms with Gasteiger partial charge in [0.25, 0.3) is 0 Å². The number of nitrogens with one attached hydrogen (secondary N) is 1. The molecule has 8 heteroatoms. The normalized spacial score (nSPS) is 21.1. The van der Waals surface area contributed by atoms with Crippen LogP contribution in [0, 0.1) is 5.92 Å². The summed E-state index contributed by atoms with van der Waals surface area (Å²) in [6.45, 7) is 1.26. The molecule has 6 nitrogen and oxygen atoms in total. The highest BCUT2D eigenvalue weighted by Gasteiger charge is 2.28. The van der Waals surface area contributed by atoms with Crippen molar-refractivity contribution < 1.29 is 17.9 Å². The number of benzene rings is 1. The lowest BCUT2D eigenvalue weighted by Gasteiger charge is -2.26. The third-order valence-electron chi connectivity index (χ3n) is 4.39. The fraction of sp³-hybridized carbons (Fsp3) is 0.533. The van der Waals surface area contributed by atoms with Crippen molar-refractivity contribution in [1.29, 1.82) is 0 Å². The highest BCUT2D eigenvalue weighted by molar-refractivity contribution is 7.91. The maximum atomic E-state index is 12.2. The molecule has 23 heavy (non-hydrogen) atoms. The standard InChI is InChI=1S/C15H20N2O4S.ClH/c16-14(11-3-6-21-7-4-11)15(18)17-12-2-1-10-5-8-22(19,20)13(10)9-12;/h1-2,9,11,14H,3-8,16H2,(H,17,18);1H. The minimum Gasteiger partial charge on any atom is -0.381 e. The van der Waals surface area contributed by atoms with Gasteiger partial charge in [-0.25, -0.2) is 8.42 Å². The van der Waals surface area contributed by atoms with Crippen LogP contribution in [0.15, 0.2) is 23.1 Å². The average molecular weight is 361 g/mol. The summed E-state index contributed by atoms with van der Waals surface area (Å²) in [6.07, 6.45) is 2.08. The molecule has 2 heterocycles. The van der Waals surface area contributed by atoms with E-state index in [1.54, 1.807) is 12.1 Å². The molecule has 2 aliphatic rings. The first kappa shape index (κ1) is 18.2. The lowest BCUT2D eigenvalue weighted by molar-refractivity contribution is -0.119. The van der Waals surface area contributed by atoms with Crippen molar-refractivity contribution in [2.75, 3.05) is 24.3 Å². The van der Waals surface area contributed by atoms with Gasteiger partial charge in [0.15, 0.2) is 9.84 Å². The fourth-order valence-corrected chi connectivity index (χ4v) is 4.58. The van der Waals surface area contributed by atoms with Crippen LogP contribution in [0.4, 0.5) is 5.69 Å². The van der Waals surface area contributed by atoms with Crippen LogP contribution in [0.1, 0.15) is 18.4 Å². The molecule has 1 aromatic rings. The van der Waals surface area contributed by atoms with Gasteiger partial charge in [0, 0.05) is 18.9 Å². The Morgan fingerprint density at radius 3 is 2.70 bits per heavy atom. The minimum absolute atomic E-state index is 0. The number of amides is 1. The minimum atomic E-state index is -3.20. The maximum Gasteiger partial charge on any atom is 0.241 e. The van der Waals surface area contributed by atoms with E-state index in [0.717, 1.165) is 18.4 Å². The molecule has 0 bridgehead atoms. The van der Waals surface area contributed by atoms with E-state index in [0.29, 0.717) is 30.2 Å². The van der Waals surface area contributed by atoms with E-state index < -0.39 is 15.9 Å². The van der Waals surface area contributed by atoms with Crippen LogP contribution < -0.4 is 11.1 Å². The van der Waals surface area contributed by atoms with Gasteiger partial charge < -0.3 is 15.8 Å². The molecule has 2 aliphatic heterocycles. The topological polar surface area (TPSA) is 98.5 Å². The van der Waals surface area contributed by atoms with Gasteiger partial charge in [-0.3, -0.25) is 4.79 Å². The molecular formula is C15H21ClN2O4S. The smallest absolute Gasteiger partial charge is 0.241 e. The maximum absolute atomic E-state index is 12.2. The summed E-state index contributed by atoms with van der Waals surface area (Å²) in [5, 5.41) is 2.74. The quantitative estimate of drug-likeness (QED) is 0.841. The molecule has 1 amide bonds. The van der Waals surface area contributed by atoms with E-state index in [1.165, 1.54) is 6.07 Å². The summed E-state index contributed by atoms with van der Waals surface area (Å²) >= 11 is 0. The third-order valence-corrected chi connectivity index (χ3v) is 6.18.